The smallest absolute Gasteiger partial charge is 0.392 e. The van der Waals surface area contributed by atoms with Crippen LogP contribution in [-0.4, -0.2) is 23.4 Å². The number of rotatable bonds is 1. The highest BCUT2D eigenvalue weighted by Crippen LogP contribution is 2.39. The Balaban J connectivity index is 2.77. The zero-order valence-corrected chi connectivity index (χ0v) is 7.28. The Hall–Kier alpha value is -0.940. The maximum absolute atomic E-state index is 12.4. The molecule has 4 nitrogen and oxygen atoms in total. The Bertz CT molecular complexity index is 249. The Morgan fingerprint density at radius 2 is 2.00 bits per heavy atom. The Morgan fingerprint density at radius 1 is 1.36 bits per heavy atom. The van der Waals surface area contributed by atoms with Crippen LogP contribution in [0.25, 0.3) is 10.4 Å². The van der Waals surface area contributed by atoms with Gasteiger partial charge in [0.15, 0.2) is 0 Å². The predicted molar refractivity (Wildman–Crippen MR) is 42.3 cm³/mol. The molecule has 0 aromatic heterocycles. The van der Waals surface area contributed by atoms with Crippen LogP contribution < -0.4 is 0 Å². The van der Waals surface area contributed by atoms with E-state index in [0.29, 0.717) is 0 Å². The second-order valence-corrected chi connectivity index (χ2v) is 3.39. The van der Waals surface area contributed by atoms with Crippen molar-refractivity contribution in [3.05, 3.63) is 10.4 Å². The van der Waals surface area contributed by atoms with Gasteiger partial charge in [-0.05, 0) is 24.8 Å². The molecule has 1 saturated carbocycles. The second-order valence-electron chi connectivity index (χ2n) is 3.39. The van der Waals surface area contributed by atoms with Crippen LogP contribution in [0.4, 0.5) is 13.2 Å². The summed E-state index contributed by atoms with van der Waals surface area (Å²) in [5, 5.41) is 12.2. The van der Waals surface area contributed by atoms with Crippen LogP contribution in [0.5, 0.6) is 0 Å². The quantitative estimate of drug-likeness (QED) is 0.402. The first-order chi connectivity index (χ1) is 6.45. The average Bonchev–Trinajstić information content (AvgIpc) is 2.02. The Kier molecular flexibility index (Phi) is 3.23. The van der Waals surface area contributed by atoms with E-state index in [1.54, 1.807) is 0 Å². The third-order valence-corrected chi connectivity index (χ3v) is 2.41. The molecule has 0 aromatic rings. The maximum atomic E-state index is 12.4. The summed E-state index contributed by atoms with van der Waals surface area (Å²) >= 11 is 0. The van der Waals surface area contributed by atoms with E-state index in [9.17, 15) is 13.2 Å². The molecular formula is C7H10F3N3O. The molecule has 3 unspecified atom stereocenters. The molecule has 0 spiro atoms. The number of halogens is 3. The van der Waals surface area contributed by atoms with E-state index < -0.39 is 24.2 Å². The molecular weight excluding hydrogens is 199 g/mol. The molecule has 0 amide bonds. The molecule has 0 saturated heterocycles. The van der Waals surface area contributed by atoms with E-state index in [2.05, 4.69) is 10.0 Å². The summed E-state index contributed by atoms with van der Waals surface area (Å²) in [6, 6.07) is -1.16. The zero-order chi connectivity index (χ0) is 10.8. The SMILES string of the molecule is [N-]=[N+]=NC1CC(O)CCC1C(F)(F)F. The van der Waals surface area contributed by atoms with Crippen molar-refractivity contribution in [2.24, 2.45) is 11.0 Å². The molecule has 0 bridgehead atoms. The lowest BCUT2D eigenvalue weighted by Crippen LogP contribution is -2.39. The van der Waals surface area contributed by atoms with Gasteiger partial charge in [-0.2, -0.15) is 13.2 Å². The average molecular weight is 209 g/mol. The fraction of sp³-hybridized carbons (Fsp3) is 1.00. The zero-order valence-electron chi connectivity index (χ0n) is 7.28. The highest BCUT2D eigenvalue weighted by Gasteiger charge is 2.46. The van der Waals surface area contributed by atoms with Crippen LogP contribution in [0.1, 0.15) is 19.3 Å². The molecule has 1 N–H and O–H groups in total. The standard InChI is InChI=1S/C7H10F3N3O/c8-7(9,10)5-2-1-4(14)3-6(5)12-13-11/h4-6,14H,1-3H2. The highest BCUT2D eigenvalue weighted by molar-refractivity contribution is 4.88. The van der Waals surface area contributed by atoms with Gasteiger partial charge < -0.3 is 5.11 Å². The van der Waals surface area contributed by atoms with Gasteiger partial charge in [-0.15, -0.1) is 0 Å². The van der Waals surface area contributed by atoms with Gasteiger partial charge in [-0.1, -0.05) is 5.11 Å². The molecule has 14 heavy (non-hydrogen) atoms. The Labute approximate surface area is 78.3 Å². The van der Waals surface area contributed by atoms with Crippen LogP contribution in [0, 0.1) is 5.92 Å². The lowest BCUT2D eigenvalue weighted by atomic mass is 9.83. The lowest BCUT2D eigenvalue weighted by Gasteiger charge is -2.32. The largest absolute Gasteiger partial charge is 0.393 e. The van der Waals surface area contributed by atoms with Crippen molar-refractivity contribution in [2.45, 2.75) is 37.6 Å². The van der Waals surface area contributed by atoms with Gasteiger partial charge in [0.25, 0.3) is 0 Å². The van der Waals surface area contributed by atoms with E-state index in [-0.39, 0.29) is 19.3 Å². The number of azide groups is 1. The number of nitrogens with zero attached hydrogens (tertiary/aromatic N) is 3. The van der Waals surface area contributed by atoms with Gasteiger partial charge in [0.2, 0.25) is 0 Å². The summed E-state index contributed by atoms with van der Waals surface area (Å²) in [6.07, 6.45) is -5.30. The monoisotopic (exact) mass is 209 g/mol. The third-order valence-electron chi connectivity index (χ3n) is 2.41. The summed E-state index contributed by atoms with van der Waals surface area (Å²) in [7, 11) is 0. The van der Waals surface area contributed by atoms with Crippen LogP contribution in [0.3, 0.4) is 0 Å². The summed E-state index contributed by atoms with van der Waals surface area (Å²) < 4.78 is 37.1. The lowest BCUT2D eigenvalue weighted by molar-refractivity contribution is -0.190. The van der Waals surface area contributed by atoms with Crippen LogP contribution in [-0.2, 0) is 0 Å². The molecule has 7 heteroatoms. The molecule has 1 aliphatic rings. The van der Waals surface area contributed by atoms with E-state index in [4.69, 9.17) is 10.6 Å². The van der Waals surface area contributed by atoms with E-state index in [0.717, 1.165) is 0 Å². The van der Waals surface area contributed by atoms with Gasteiger partial charge in [-0.3, -0.25) is 0 Å². The van der Waals surface area contributed by atoms with Gasteiger partial charge in [0.05, 0.1) is 18.1 Å². The minimum absolute atomic E-state index is 0.103. The van der Waals surface area contributed by atoms with Crippen molar-refractivity contribution < 1.29 is 18.3 Å². The number of hydrogen-bond acceptors (Lipinski definition) is 2. The normalized spacial score (nSPS) is 33.6. The summed E-state index contributed by atoms with van der Waals surface area (Å²) in [4.78, 5) is 2.37. The summed E-state index contributed by atoms with van der Waals surface area (Å²) in [6.45, 7) is 0. The van der Waals surface area contributed by atoms with Crippen LogP contribution in [0.15, 0.2) is 5.11 Å². The molecule has 1 rings (SSSR count). The summed E-state index contributed by atoms with van der Waals surface area (Å²) in [5.74, 6) is -1.61. The van der Waals surface area contributed by atoms with E-state index >= 15 is 0 Å². The molecule has 1 aliphatic carbocycles. The number of aliphatic hydroxyl groups excluding tert-OH is 1. The number of hydrogen-bond donors (Lipinski definition) is 1. The number of alkyl halides is 3. The molecule has 0 aliphatic heterocycles. The minimum atomic E-state index is -4.35. The van der Waals surface area contributed by atoms with Gasteiger partial charge in [-0.25, -0.2) is 0 Å². The topological polar surface area (TPSA) is 69.0 Å². The molecule has 80 valence electrons. The van der Waals surface area contributed by atoms with Crippen molar-refractivity contribution in [3.8, 4) is 0 Å². The van der Waals surface area contributed by atoms with Gasteiger partial charge in [0.1, 0.15) is 0 Å². The first-order valence-electron chi connectivity index (χ1n) is 4.24. The third kappa shape index (κ3) is 2.52. The van der Waals surface area contributed by atoms with Crippen LogP contribution >= 0.6 is 0 Å². The molecule has 3 atom stereocenters. The second kappa shape index (κ2) is 4.06. The minimum Gasteiger partial charge on any atom is -0.393 e. The molecule has 0 heterocycles. The van der Waals surface area contributed by atoms with Crippen molar-refractivity contribution in [1.82, 2.24) is 0 Å². The van der Waals surface area contributed by atoms with Gasteiger partial charge in [0, 0.05) is 4.91 Å². The van der Waals surface area contributed by atoms with Gasteiger partial charge >= 0.3 is 6.18 Å². The van der Waals surface area contributed by atoms with Crippen molar-refractivity contribution in [1.29, 1.82) is 0 Å². The van der Waals surface area contributed by atoms with Crippen molar-refractivity contribution in [3.63, 3.8) is 0 Å². The molecule has 1 fully saturated rings. The number of aliphatic hydroxyl groups is 1. The fourth-order valence-electron chi connectivity index (χ4n) is 1.70. The Morgan fingerprint density at radius 3 is 2.50 bits per heavy atom. The van der Waals surface area contributed by atoms with Crippen molar-refractivity contribution >= 4 is 0 Å². The first-order valence-corrected chi connectivity index (χ1v) is 4.24. The first kappa shape index (κ1) is 11.1. The van der Waals surface area contributed by atoms with E-state index in [1.165, 1.54) is 0 Å². The summed E-state index contributed by atoms with van der Waals surface area (Å²) in [5.41, 5.74) is 8.10. The fourth-order valence-corrected chi connectivity index (χ4v) is 1.70. The molecule has 0 radical (unpaired) electrons. The molecule has 0 aromatic carbocycles. The van der Waals surface area contributed by atoms with Crippen molar-refractivity contribution in [2.75, 3.05) is 0 Å². The highest BCUT2D eigenvalue weighted by atomic mass is 19.4. The maximum Gasteiger partial charge on any atom is 0.392 e. The van der Waals surface area contributed by atoms with E-state index in [1.807, 2.05) is 0 Å². The predicted octanol–water partition coefficient (Wildman–Crippen LogP) is 2.39. The van der Waals surface area contributed by atoms with Crippen LogP contribution in [0.2, 0.25) is 0 Å².